The molecular weight excluding hydrogens is 419 g/mol. The Bertz CT molecular complexity index is 705. The van der Waals surface area contributed by atoms with Gasteiger partial charge in [0.05, 0.1) is 22.0 Å². The smallest absolute Gasteiger partial charge is 0.250 e. The molecule has 1 amide bonds. The van der Waals surface area contributed by atoms with Gasteiger partial charge >= 0.3 is 0 Å². The molecule has 0 atom stereocenters. The van der Waals surface area contributed by atoms with E-state index in [-0.39, 0.29) is 5.91 Å². The van der Waals surface area contributed by atoms with Crippen LogP contribution in [0.15, 0.2) is 52.0 Å². The molecule has 120 valence electrons. The number of carbonyl (C=O) groups excluding carboxylic acids is 1. The molecule has 23 heavy (non-hydrogen) atoms. The Morgan fingerprint density at radius 1 is 1.17 bits per heavy atom. The maximum absolute atomic E-state index is 11.8. The Hall–Kier alpha value is -1.01. The second kappa shape index (κ2) is 9.33. The third-order valence-electron chi connectivity index (χ3n) is 2.83. The molecule has 0 bridgehead atoms. The second-order valence-electron chi connectivity index (χ2n) is 4.51. The molecule has 0 saturated heterocycles. The van der Waals surface area contributed by atoms with Crippen molar-refractivity contribution in [2.45, 2.75) is 5.75 Å². The van der Waals surface area contributed by atoms with Crippen LogP contribution in [0, 0.1) is 0 Å². The van der Waals surface area contributed by atoms with Gasteiger partial charge in [-0.1, -0.05) is 63.4 Å². The van der Waals surface area contributed by atoms with Crippen molar-refractivity contribution in [2.24, 2.45) is 5.10 Å². The van der Waals surface area contributed by atoms with Crippen LogP contribution >= 0.6 is 50.9 Å². The van der Waals surface area contributed by atoms with Gasteiger partial charge in [0.1, 0.15) is 0 Å². The van der Waals surface area contributed by atoms with E-state index in [0.717, 1.165) is 15.8 Å². The van der Waals surface area contributed by atoms with E-state index in [0.29, 0.717) is 21.4 Å². The van der Waals surface area contributed by atoms with Gasteiger partial charge in [-0.05, 0) is 23.8 Å². The van der Waals surface area contributed by atoms with Crippen LogP contribution in [0.1, 0.15) is 11.1 Å². The minimum Gasteiger partial charge on any atom is -0.272 e. The Balaban J connectivity index is 1.79. The highest BCUT2D eigenvalue weighted by Crippen LogP contribution is 2.22. The minimum absolute atomic E-state index is 0.179. The summed E-state index contributed by atoms with van der Waals surface area (Å²) in [6.07, 6.45) is 1.45. The molecule has 0 unspecified atom stereocenters. The van der Waals surface area contributed by atoms with Gasteiger partial charge in [-0.2, -0.15) is 5.10 Å². The van der Waals surface area contributed by atoms with Crippen LogP contribution in [0.25, 0.3) is 0 Å². The van der Waals surface area contributed by atoms with Crippen molar-refractivity contribution in [1.82, 2.24) is 5.43 Å². The number of thioether (sulfide) groups is 1. The van der Waals surface area contributed by atoms with Gasteiger partial charge in [-0.25, -0.2) is 5.43 Å². The van der Waals surface area contributed by atoms with Gasteiger partial charge in [0.25, 0.3) is 0 Å². The largest absolute Gasteiger partial charge is 0.272 e. The zero-order valence-corrected chi connectivity index (χ0v) is 15.8. The molecule has 1 N–H and O–H groups in total. The quantitative estimate of drug-likeness (QED) is 0.508. The molecule has 0 aliphatic heterocycles. The zero-order chi connectivity index (χ0) is 16.7. The zero-order valence-electron chi connectivity index (χ0n) is 11.9. The summed E-state index contributed by atoms with van der Waals surface area (Å²) >= 11 is 17.0. The molecule has 0 aromatic heterocycles. The Kier molecular flexibility index (Phi) is 7.43. The summed E-state index contributed by atoms with van der Waals surface area (Å²) in [5, 5.41) is 4.86. The van der Waals surface area contributed by atoms with Gasteiger partial charge in [0, 0.05) is 15.8 Å². The number of benzene rings is 2. The predicted molar refractivity (Wildman–Crippen MR) is 103 cm³/mol. The van der Waals surface area contributed by atoms with Crippen molar-refractivity contribution < 1.29 is 4.79 Å². The van der Waals surface area contributed by atoms with E-state index in [1.54, 1.807) is 18.2 Å². The molecule has 2 aromatic carbocycles. The molecular formula is C16H13BrCl2N2OS. The third kappa shape index (κ3) is 5.84. The van der Waals surface area contributed by atoms with E-state index in [2.05, 4.69) is 26.5 Å². The number of nitrogens with one attached hydrogen (secondary N) is 1. The fourth-order valence-electron chi connectivity index (χ4n) is 1.70. The number of halogens is 3. The molecule has 0 aliphatic carbocycles. The van der Waals surface area contributed by atoms with Crippen LogP contribution in [-0.2, 0) is 10.5 Å². The molecule has 0 radical (unpaired) electrons. The fourth-order valence-corrected chi connectivity index (χ4v) is 3.63. The summed E-state index contributed by atoms with van der Waals surface area (Å²) in [4.78, 5) is 11.8. The van der Waals surface area contributed by atoms with Crippen molar-refractivity contribution in [3.63, 3.8) is 0 Å². The van der Waals surface area contributed by atoms with Gasteiger partial charge in [-0.15, -0.1) is 11.8 Å². The number of hydrogen-bond acceptors (Lipinski definition) is 3. The summed E-state index contributed by atoms with van der Waals surface area (Å²) in [6.45, 7) is 0. The highest BCUT2D eigenvalue weighted by Gasteiger charge is 2.04. The number of rotatable bonds is 6. The molecule has 0 heterocycles. The first kappa shape index (κ1) is 18.3. The van der Waals surface area contributed by atoms with E-state index >= 15 is 0 Å². The van der Waals surface area contributed by atoms with E-state index in [1.807, 2.05) is 24.3 Å². The predicted octanol–water partition coefficient (Wildman–Crippen LogP) is 5.14. The lowest BCUT2D eigenvalue weighted by Gasteiger charge is -2.04. The maximum Gasteiger partial charge on any atom is 0.250 e. The first-order chi connectivity index (χ1) is 11.1. The van der Waals surface area contributed by atoms with E-state index in [1.165, 1.54) is 18.0 Å². The van der Waals surface area contributed by atoms with Gasteiger partial charge in [-0.3, -0.25) is 4.79 Å². The van der Waals surface area contributed by atoms with Gasteiger partial charge in [0.15, 0.2) is 0 Å². The first-order valence-corrected chi connectivity index (χ1v) is 9.35. The van der Waals surface area contributed by atoms with Crippen molar-refractivity contribution in [3.05, 3.63) is 68.1 Å². The van der Waals surface area contributed by atoms with E-state index in [4.69, 9.17) is 23.2 Å². The van der Waals surface area contributed by atoms with Gasteiger partial charge < -0.3 is 0 Å². The lowest BCUT2D eigenvalue weighted by atomic mass is 10.2. The number of hydrazone groups is 1. The number of hydrogen-bond donors (Lipinski definition) is 1. The van der Waals surface area contributed by atoms with Gasteiger partial charge in [0.2, 0.25) is 5.91 Å². The number of amides is 1. The lowest BCUT2D eigenvalue weighted by Crippen LogP contribution is -2.19. The van der Waals surface area contributed by atoms with E-state index in [9.17, 15) is 4.79 Å². The average Bonchev–Trinajstić information content (AvgIpc) is 2.52. The molecule has 0 spiro atoms. The SMILES string of the molecule is O=C(CSCc1ccccc1Br)N/N=C/c1c(Cl)cccc1Cl. The Morgan fingerprint density at radius 3 is 2.57 bits per heavy atom. The lowest BCUT2D eigenvalue weighted by molar-refractivity contribution is -0.118. The summed E-state index contributed by atoms with van der Waals surface area (Å²) in [5.41, 5.74) is 4.20. The van der Waals surface area contributed by atoms with Crippen LogP contribution in [0.2, 0.25) is 10.0 Å². The molecule has 2 aromatic rings. The van der Waals surface area contributed by atoms with E-state index < -0.39 is 0 Å². The Morgan fingerprint density at radius 2 is 1.87 bits per heavy atom. The molecule has 0 saturated carbocycles. The fraction of sp³-hybridized carbons (Fsp3) is 0.125. The summed E-state index contributed by atoms with van der Waals surface area (Å²) in [6, 6.07) is 13.1. The molecule has 7 heteroatoms. The standard InChI is InChI=1S/C16H13BrCl2N2OS/c17-13-5-2-1-4-11(13)9-23-10-16(22)21-20-8-12-14(18)6-3-7-15(12)19/h1-8H,9-10H2,(H,21,22)/b20-8+. The topological polar surface area (TPSA) is 41.5 Å². The third-order valence-corrected chi connectivity index (χ3v) is 5.25. The van der Waals surface area contributed by atoms with Crippen LogP contribution in [0.5, 0.6) is 0 Å². The van der Waals surface area contributed by atoms with Crippen molar-refractivity contribution in [1.29, 1.82) is 0 Å². The normalized spacial score (nSPS) is 10.9. The first-order valence-electron chi connectivity index (χ1n) is 6.65. The molecule has 0 aliphatic rings. The monoisotopic (exact) mass is 430 g/mol. The summed E-state index contributed by atoms with van der Waals surface area (Å²) in [7, 11) is 0. The highest BCUT2D eigenvalue weighted by molar-refractivity contribution is 9.10. The average molecular weight is 432 g/mol. The molecule has 0 fully saturated rings. The summed E-state index contributed by atoms with van der Waals surface area (Å²) in [5.74, 6) is 0.880. The number of carbonyl (C=O) groups is 1. The molecule has 3 nitrogen and oxygen atoms in total. The second-order valence-corrected chi connectivity index (χ2v) is 7.17. The molecule has 2 rings (SSSR count). The maximum atomic E-state index is 11.8. The van der Waals surface area contributed by atoms with Crippen molar-refractivity contribution in [3.8, 4) is 0 Å². The van der Waals surface area contributed by atoms with Crippen LogP contribution in [0.3, 0.4) is 0 Å². The number of nitrogens with zero attached hydrogens (tertiary/aromatic N) is 1. The van der Waals surface area contributed by atoms with Crippen molar-refractivity contribution in [2.75, 3.05) is 5.75 Å². The summed E-state index contributed by atoms with van der Waals surface area (Å²) < 4.78 is 1.04. The highest BCUT2D eigenvalue weighted by atomic mass is 79.9. The Labute approximate surface area is 157 Å². The van der Waals surface area contributed by atoms with Crippen LogP contribution in [0.4, 0.5) is 0 Å². The minimum atomic E-state index is -0.179. The van der Waals surface area contributed by atoms with Crippen molar-refractivity contribution >= 4 is 63.0 Å². The van der Waals surface area contributed by atoms with Crippen LogP contribution in [-0.4, -0.2) is 17.9 Å². The van der Waals surface area contributed by atoms with Crippen LogP contribution < -0.4 is 5.43 Å².